The van der Waals surface area contributed by atoms with Crippen molar-refractivity contribution in [3.63, 3.8) is 0 Å². The second kappa shape index (κ2) is 6.40. The molecule has 3 nitrogen and oxygen atoms in total. The quantitative estimate of drug-likeness (QED) is 0.924. The summed E-state index contributed by atoms with van der Waals surface area (Å²) in [5, 5.41) is 0. The molecule has 0 aromatic heterocycles. The standard InChI is InChI=1S/C21H24N2O/c22-20-14-23(13-19(20)16-7-2-1-3-8-16)21(24)18-12-6-10-15-9-4-5-11-17(15)18/h1-5,7-9,11,18-20H,6,10,12-14,22H2/t18?,19-,20+/m0/s1. The largest absolute Gasteiger partial charge is 0.340 e. The van der Waals surface area contributed by atoms with E-state index in [1.54, 1.807) is 0 Å². The average molecular weight is 320 g/mol. The number of hydrogen-bond donors (Lipinski definition) is 1. The molecule has 1 amide bonds. The molecule has 1 saturated heterocycles. The number of fused-ring (bicyclic) bond motifs is 1. The molecule has 1 heterocycles. The van der Waals surface area contributed by atoms with Crippen LogP contribution < -0.4 is 5.73 Å². The molecule has 1 fully saturated rings. The number of nitrogens with two attached hydrogens (primary N) is 1. The number of rotatable bonds is 2. The van der Waals surface area contributed by atoms with Crippen molar-refractivity contribution in [2.24, 2.45) is 5.73 Å². The Hall–Kier alpha value is -2.13. The van der Waals surface area contributed by atoms with E-state index in [1.165, 1.54) is 16.7 Å². The van der Waals surface area contributed by atoms with Crippen LogP contribution >= 0.6 is 0 Å². The maximum absolute atomic E-state index is 13.2. The lowest BCUT2D eigenvalue weighted by Gasteiger charge is -2.28. The summed E-state index contributed by atoms with van der Waals surface area (Å²) in [6.45, 7) is 1.40. The van der Waals surface area contributed by atoms with Gasteiger partial charge in [0.15, 0.2) is 0 Å². The highest BCUT2D eigenvalue weighted by atomic mass is 16.2. The minimum Gasteiger partial charge on any atom is -0.340 e. The Morgan fingerprint density at radius 2 is 1.75 bits per heavy atom. The SMILES string of the molecule is N[C@@H]1CN(C(=O)C2CCCc3ccccc32)C[C@H]1c1ccccc1. The predicted octanol–water partition coefficient (Wildman–Crippen LogP) is 3.06. The summed E-state index contributed by atoms with van der Waals surface area (Å²) in [6.07, 6.45) is 3.14. The summed E-state index contributed by atoms with van der Waals surface area (Å²) in [7, 11) is 0. The van der Waals surface area contributed by atoms with E-state index < -0.39 is 0 Å². The van der Waals surface area contributed by atoms with E-state index in [0.29, 0.717) is 6.54 Å². The van der Waals surface area contributed by atoms with E-state index >= 15 is 0 Å². The van der Waals surface area contributed by atoms with Gasteiger partial charge in [0, 0.05) is 25.0 Å². The van der Waals surface area contributed by atoms with Crippen LogP contribution in [0.2, 0.25) is 0 Å². The summed E-state index contributed by atoms with van der Waals surface area (Å²) in [4.78, 5) is 15.2. The van der Waals surface area contributed by atoms with Crippen LogP contribution in [-0.2, 0) is 11.2 Å². The molecule has 0 saturated carbocycles. The molecule has 1 aliphatic carbocycles. The number of likely N-dealkylation sites (tertiary alicyclic amines) is 1. The third kappa shape index (κ3) is 2.73. The van der Waals surface area contributed by atoms with Gasteiger partial charge >= 0.3 is 0 Å². The van der Waals surface area contributed by atoms with Crippen molar-refractivity contribution in [1.82, 2.24) is 4.90 Å². The lowest BCUT2D eigenvalue weighted by molar-refractivity contribution is -0.132. The molecular formula is C21H24N2O. The highest BCUT2D eigenvalue weighted by Crippen LogP contribution is 2.35. The number of benzene rings is 2. The predicted molar refractivity (Wildman–Crippen MR) is 95.9 cm³/mol. The fraction of sp³-hybridized carbons (Fsp3) is 0.381. The summed E-state index contributed by atoms with van der Waals surface area (Å²) < 4.78 is 0. The molecule has 2 aromatic rings. The molecule has 0 radical (unpaired) electrons. The van der Waals surface area contributed by atoms with Gasteiger partial charge in [0.25, 0.3) is 0 Å². The van der Waals surface area contributed by atoms with Crippen molar-refractivity contribution in [1.29, 1.82) is 0 Å². The van der Waals surface area contributed by atoms with E-state index in [0.717, 1.165) is 25.8 Å². The Kier molecular flexibility index (Phi) is 4.11. The molecular weight excluding hydrogens is 296 g/mol. The summed E-state index contributed by atoms with van der Waals surface area (Å²) in [5.41, 5.74) is 10.2. The Morgan fingerprint density at radius 1 is 1.00 bits per heavy atom. The first-order valence-electron chi connectivity index (χ1n) is 8.91. The zero-order chi connectivity index (χ0) is 16.5. The van der Waals surface area contributed by atoms with Crippen LogP contribution in [0.15, 0.2) is 54.6 Å². The van der Waals surface area contributed by atoms with E-state index in [9.17, 15) is 4.79 Å². The number of aryl methyl sites for hydroxylation is 1. The molecule has 1 unspecified atom stereocenters. The van der Waals surface area contributed by atoms with E-state index in [4.69, 9.17) is 5.73 Å². The van der Waals surface area contributed by atoms with Crippen LogP contribution in [0.25, 0.3) is 0 Å². The smallest absolute Gasteiger partial charge is 0.230 e. The molecule has 3 atom stereocenters. The number of hydrogen-bond acceptors (Lipinski definition) is 2. The minimum atomic E-state index is 0.0108. The maximum atomic E-state index is 13.2. The second-order valence-electron chi connectivity index (χ2n) is 7.07. The monoisotopic (exact) mass is 320 g/mol. The molecule has 2 aromatic carbocycles. The molecule has 2 aliphatic rings. The summed E-state index contributed by atoms with van der Waals surface area (Å²) in [5.74, 6) is 0.515. The molecule has 1 aliphatic heterocycles. The van der Waals surface area contributed by atoms with Crippen molar-refractivity contribution in [2.45, 2.75) is 37.1 Å². The van der Waals surface area contributed by atoms with Crippen molar-refractivity contribution in [3.05, 3.63) is 71.3 Å². The van der Waals surface area contributed by atoms with Gasteiger partial charge < -0.3 is 10.6 Å². The molecule has 0 bridgehead atoms. The Balaban J connectivity index is 1.54. The van der Waals surface area contributed by atoms with Crippen LogP contribution in [0.5, 0.6) is 0 Å². The number of carbonyl (C=O) groups excluding carboxylic acids is 1. The fourth-order valence-corrected chi connectivity index (χ4v) is 4.29. The molecule has 4 rings (SSSR count). The van der Waals surface area contributed by atoms with Gasteiger partial charge in [0.1, 0.15) is 0 Å². The lowest BCUT2D eigenvalue weighted by Crippen LogP contribution is -2.36. The van der Waals surface area contributed by atoms with Gasteiger partial charge in [0.2, 0.25) is 5.91 Å². The van der Waals surface area contributed by atoms with Crippen LogP contribution in [0, 0.1) is 0 Å². The van der Waals surface area contributed by atoms with E-state index in [1.807, 2.05) is 29.2 Å². The van der Waals surface area contributed by atoms with Crippen molar-refractivity contribution in [2.75, 3.05) is 13.1 Å². The van der Waals surface area contributed by atoms with Crippen LogP contribution in [-0.4, -0.2) is 29.9 Å². The molecule has 0 spiro atoms. The van der Waals surface area contributed by atoms with Crippen molar-refractivity contribution < 1.29 is 4.79 Å². The highest BCUT2D eigenvalue weighted by Gasteiger charge is 2.37. The molecule has 24 heavy (non-hydrogen) atoms. The first-order valence-corrected chi connectivity index (χ1v) is 8.91. The van der Waals surface area contributed by atoms with Crippen LogP contribution in [0.1, 0.15) is 41.4 Å². The van der Waals surface area contributed by atoms with Crippen molar-refractivity contribution >= 4 is 5.91 Å². The number of nitrogens with zero attached hydrogens (tertiary/aromatic N) is 1. The van der Waals surface area contributed by atoms with E-state index in [-0.39, 0.29) is 23.8 Å². The zero-order valence-corrected chi connectivity index (χ0v) is 13.9. The minimum absolute atomic E-state index is 0.0108. The van der Waals surface area contributed by atoms with Gasteiger partial charge in [-0.2, -0.15) is 0 Å². The van der Waals surface area contributed by atoms with Gasteiger partial charge in [0.05, 0.1) is 5.92 Å². The molecule has 124 valence electrons. The molecule has 3 heteroatoms. The zero-order valence-electron chi connectivity index (χ0n) is 13.9. The van der Waals surface area contributed by atoms with E-state index in [2.05, 4.69) is 30.3 Å². The topological polar surface area (TPSA) is 46.3 Å². The molecule has 2 N–H and O–H groups in total. The van der Waals surface area contributed by atoms with Gasteiger partial charge in [-0.05, 0) is 36.0 Å². The van der Waals surface area contributed by atoms with Gasteiger partial charge in [-0.25, -0.2) is 0 Å². The number of amides is 1. The van der Waals surface area contributed by atoms with Gasteiger partial charge in [-0.15, -0.1) is 0 Å². The Morgan fingerprint density at radius 3 is 2.58 bits per heavy atom. The third-order valence-electron chi connectivity index (χ3n) is 5.57. The summed E-state index contributed by atoms with van der Waals surface area (Å²) in [6, 6.07) is 18.8. The Bertz CT molecular complexity index is 728. The van der Waals surface area contributed by atoms with Crippen LogP contribution in [0.3, 0.4) is 0 Å². The normalized spacial score (nSPS) is 26.2. The second-order valence-corrected chi connectivity index (χ2v) is 7.07. The first-order chi connectivity index (χ1) is 11.7. The van der Waals surface area contributed by atoms with Gasteiger partial charge in [-0.1, -0.05) is 54.6 Å². The van der Waals surface area contributed by atoms with Crippen LogP contribution in [0.4, 0.5) is 0 Å². The third-order valence-corrected chi connectivity index (χ3v) is 5.57. The van der Waals surface area contributed by atoms with Gasteiger partial charge in [-0.3, -0.25) is 4.79 Å². The maximum Gasteiger partial charge on any atom is 0.230 e. The number of carbonyl (C=O) groups is 1. The first kappa shape index (κ1) is 15.4. The fourth-order valence-electron chi connectivity index (χ4n) is 4.29. The highest BCUT2D eigenvalue weighted by molar-refractivity contribution is 5.85. The lowest BCUT2D eigenvalue weighted by atomic mass is 9.82. The van der Waals surface area contributed by atoms with Crippen molar-refractivity contribution in [3.8, 4) is 0 Å². The Labute approximate surface area is 143 Å². The average Bonchev–Trinajstić information content (AvgIpc) is 3.03. The summed E-state index contributed by atoms with van der Waals surface area (Å²) >= 11 is 0.